The van der Waals surface area contributed by atoms with E-state index in [9.17, 15) is 0 Å². The van der Waals surface area contributed by atoms with Gasteiger partial charge in [-0.3, -0.25) is 0 Å². The van der Waals surface area contributed by atoms with Crippen molar-refractivity contribution in [3.63, 3.8) is 0 Å². The number of hydrogen-bond donors (Lipinski definition) is 1. The highest BCUT2D eigenvalue weighted by Gasteiger charge is 2.15. The molecule has 0 bridgehead atoms. The molecule has 2 nitrogen and oxygen atoms in total. The second-order valence-electron chi connectivity index (χ2n) is 5.68. The van der Waals surface area contributed by atoms with Crippen molar-refractivity contribution >= 4 is 11.6 Å². The van der Waals surface area contributed by atoms with Crippen LogP contribution in [0.1, 0.15) is 51.6 Å². The van der Waals surface area contributed by atoms with E-state index in [2.05, 4.69) is 30.4 Å². The summed E-state index contributed by atoms with van der Waals surface area (Å²) in [6.07, 6.45) is 3.14. The standard InChI is InChI=1S/C16H23ClN2/c1-13(14-6-8-15(17)9-7-14)19-11-5-4-10-16(2,3)12-18/h6-9,13,19H,4-5,10-11H2,1-3H3/t13-/m0/s1. The number of nitrogens with one attached hydrogen (secondary N) is 1. The Bertz CT molecular complexity index is 417. The zero-order chi connectivity index (χ0) is 14.3. The number of benzene rings is 1. The third-order valence-corrected chi connectivity index (χ3v) is 3.60. The molecule has 0 saturated carbocycles. The van der Waals surface area contributed by atoms with Gasteiger partial charge in [0.1, 0.15) is 0 Å². The summed E-state index contributed by atoms with van der Waals surface area (Å²) in [7, 11) is 0. The molecule has 0 unspecified atom stereocenters. The molecule has 0 aromatic heterocycles. The van der Waals surface area contributed by atoms with Crippen molar-refractivity contribution in [2.24, 2.45) is 5.41 Å². The lowest BCUT2D eigenvalue weighted by Crippen LogP contribution is -2.20. The van der Waals surface area contributed by atoms with Crippen molar-refractivity contribution in [1.82, 2.24) is 5.32 Å². The Morgan fingerprint density at radius 2 is 1.89 bits per heavy atom. The first-order valence-corrected chi connectivity index (χ1v) is 7.22. The maximum absolute atomic E-state index is 8.93. The van der Waals surface area contributed by atoms with Gasteiger partial charge in [-0.2, -0.15) is 5.26 Å². The first kappa shape index (κ1) is 16.0. The maximum Gasteiger partial charge on any atom is 0.0683 e. The number of hydrogen-bond acceptors (Lipinski definition) is 2. The topological polar surface area (TPSA) is 35.8 Å². The Labute approximate surface area is 121 Å². The minimum atomic E-state index is -0.193. The van der Waals surface area contributed by atoms with Crippen LogP contribution in [-0.4, -0.2) is 6.54 Å². The number of nitrogens with zero attached hydrogens (tertiary/aromatic N) is 1. The molecule has 1 rings (SSSR count). The van der Waals surface area contributed by atoms with Crippen LogP contribution in [0.25, 0.3) is 0 Å². The Morgan fingerprint density at radius 3 is 2.47 bits per heavy atom. The minimum Gasteiger partial charge on any atom is -0.310 e. The Kier molecular flexibility index (Phi) is 6.34. The minimum absolute atomic E-state index is 0.193. The zero-order valence-electron chi connectivity index (χ0n) is 12.0. The fourth-order valence-corrected chi connectivity index (χ4v) is 2.06. The van der Waals surface area contributed by atoms with Crippen LogP contribution in [-0.2, 0) is 0 Å². The van der Waals surface area contributed by atoms with Crippen molar-refractivity contribution in [2.45, 2.75) is 46.1 Å². The molecular weight excluding hydrogens is 256 g/mol. The van der Waals surface area contributed by atoms with Gasteiger partial charge in [0, 0.05) is 11.1 Å². The van der Waals surface area contributed by atoms with Crippen LogP contribution < -0.4 is 5.32 Å². The third kappa shape index (κ3) is 6.09. The van der Waals surface area contributed by atoms with Crippen LogP contribution in [0, 0.1) is 16.7 Å². The van der Waals surface area contributed by atoms with E-state index in [4.69, 9.17) is 16.9 Å². The van der Waals surface area contributed by atoms with Crippen molar-refractivity contribution < 1.29 is 0 Å². The lowest BCUT2D eigenvalue weighted by atomic mass is 9.89. The molecule has 0 amide bonds. The Hall–Kier alpha value is -1.04. The zero-order valence-corrected chi connectivity index (χ0v) is 12.8. The SMILES string of the molecule is C[C@H](NCCCCC(C)(C)C#N)c1ccc(Cl)cc1. The van der Waals surface area contributed by atoms with Crippen LogP contribution in [0.3, 0.4) is 0 Å². The molecule has 104 valence electrons. The summed E-state index contributed by atoms with van der Waals surface area (Å²) in [6, 6.07) is 10.6. The summed E-state index contributed by atoms with van der Waals surface area (Å²) in [6.45, 7) is 7.13. The molecule has 0 aliphatic heterocycles. The normalized spacial score (nSPS) is 13.0. The highest BCUT2D eigenvalue weighted by atomic mass is 35.5. The van der Waals surface area contributed by atoms with Crippen LogP contribution >= 0.6 is 11.6 Å². The molecule has 1 atom stereocenters. The van der Waals surface area contributed by atoms with Gasteiger partial charge in [0.2, 0.25) is 0 Å². The summed E-state index contributed by atoms with van der Waals surface area (Å²) < 4.78 is 0. The van der Waals surface area contributed by atoms with E-state index in [1.165, 1.54) is 5.56 Å². The van der Waals surface area contributed by atoms with Crippen LogP contribution in [0.4, 0.5) is 0 Å². The number of halogens is 1. The van der Waals surface area contributed by atoms with E-state index in [0.29, 0.717) is 6.04 Å². The van der Waals surface area contributed by atoms with E-state index >= 15 is 0 Å². The Balaban J connectivity index is 2.23. The van der Waals surface area contributed by atoms with Crippen LogP contribution in [0.5, 0.6) is 0 Å². The van der Waals surface area contributed by atoms with Crippen LogP contribution in [0.15, 0.2) is 24.3 Å². The first-order chi connectivity index (χ1) is 8.94. The van der Waals surface area contributed by atoms with E-state index in [-0.39, 0.29) is 5.41 Å². The van der Waals surface area contributed by atoms with E-state index < -0.39 is 0 Å². The number of nitriles is 1. The van der Waals surface area contributed by atoms with Crippen molar-refractivity contribution in [3.05, 3.63) is 34.9 Å². The molecule has 0 fully saturated rings. The van der Waals surface area contributed by atoms with Gasteiger partial charge in [0.25, 0.3) is 0 Å². The van der Waals surface area contributed by atoms with Gasteiger partial charge in [0.15, 0.2) is 0 Å². The highest BCUT2D eigenvalue weighted by molar-refractivity contribution is 6.30. The molecular formula is C16H23ClN2. The number of rotatable bonds is 7. The average molecular weight is 279 g/mol. The summed E-state index contributed by atoms with van der Waals surface area (Å²) >= 11 is 5.87. The van der Waals surface area contributed by atoms with Gasteiger partial charge >= 0.3 is 0 Å². The smallest absolute Gasteiger partial charge is 0.0683 e. The fourth-order valence-electron chi connectivity index (χ4n) is 1.94. The van der Waals surface area contributed by atoms with E-state index in [1.54, 1.807) is 0 Å². The predicted molar refractivity (Wildman–Crippen MR) is 81.1 cm³/mol. The van der Waals surface area contributed by atoms with E-state index in [0.717, 1.165) is 30.8 Å². The van der Waals surface area contributed by atoms with Gasteiger partial charge in [-0.05, 0) is 57.9 Å². The van der Waals surface area contributed by atoms with Gasteiger partial charge < -0.3 is 5.32 Å². The largest absolute Gasteiger partial charge is 0.310 e. The maximum atomic E-state index is 8.93. The molecule has 1 N–H and O–H groups in total. The predicted octanol–water partition coefficient (Wildman–Crippen LogP) is 4.71. The number of unbranched alkanes of at least 4 members (excludes halogenated alkanes) is 1. The molecule has 1 aromatic carbocycles. The summed E-state index contributed by atoms with van der Waals surface area (Å²) in [5.41, 5.74) is 1.06. The van der Waals surface area contributed by atoms with Crippen LogP contribution in [0.2, 0.25) is 5.02 Å². The molecule has 0 aliphatic carbocycles. The molecule has 1 aromatic rings. The molecule has 0 spiro atoms. The summed E-state index contributed by atoms with van der Waals surface area (Å²) in [4.78, 5) is 0. The molecule has 0 saturated heterocycles. The quantitative estimate of drug-likeness (QED) is 0.733. The lowest BCUT2D eigenvalue weighted by Gasteiger charge is -2.16. The van der Waals surface area contributed by atoms with Gasteiger partial charge in [-0.25, -0.2) is 0 Å². The summed E-state index contributed by atoms with van der Waals surface area (Å²) in [5, 5.41) is 13.2. The molecule has 0 aliphatic rings. The Morgan fingerprint density at radius 1 is 1.26 bits per heavy atom. The average Bonchev–Trinajstić information content (AvgIpc) is 2.39. The second-order valence-corrected chi connectivity index (χ2v) is 6.12. The monoisotopic (exact) mass is 278 g/mol. The highest BCUT2D eigenvalue weighted by Crippen LogP contribution is 2.21. The van der Waals surface area contributed by atoms with Gasteiger partial charge in [-0.15, -0.1) is 0 Å². The van der Waals surface area contributed by atoms with Gasteiger partial charge in [0.05, 0.1) is 11.5 Å². The van der Waals surface area contributed by atoms with Crippen molar-refractivity contribution in [1.29, 1.82) is 5.26 Å². The van der Waals surface area contributed by atoms with Gasteiger partial charge in [-0.1, -0.05) is 30.2 Å². The molecule has 0 radical (unpaired) electrons. The second kappa shape index (κ2) is 7.53. The first-order valence-electron chi connectivity index (χ1n) is 6.85. The molecule has 19 heavy (non-hydrogen) atoms. The van der Waals surface area contributed by atoms with Crippen molar-refractivity contribution in [3.8, 4) is 6.07 Å². The molecule has 3 heteroatoms. The summed E-state index contributed by atoms with van der Waals surface area (Å²) in [5.74, 6) is 0. The van der Waals surface area contributed by atoms with E-state index in [1.807, 2.05) is 26.0 Å². The van der Waals surface area contributed by atoms with Crippen molar-refractivity contribution in [2.75, 3.05) is 6.54 Å². The molecule has 0 heterocycles. The fraction of sp³-hybridized carbons (Fsp3) is 0.562. The third-order valence-electron chi connectivity index (χ3n) is 3.35. The lowest BCUT2D eigenvalue weighted by molar-refractivity contribution is 0.418.